The summed E-state index contributed by atoms with van der Waals surface area (Å²) in [6, 6.07) is 3.88. The van der Waals surface area contributed by atoms with Gasteiger partial charge in [-0.05, 0) is 24.3 Å². The van der Waals surface area contributed by atoms with Gasteiger partial charge in [0.1, 0.15) is 6.54 Å². The van der Waals surface area contributed by atoms with Crippen molar-refractivity contribution in [1.82, 2.24) is 4.90 Å². The van der Waals surface area contributed by atoms with Crippen molar-refractivity contribution in [2.24, 2.45) is 0 Å². The van der Waals surface area contributed by atoms with Crippen LogP contribution in [-0.2, 0) is 11.2 Å². The Kier molecular flexibility index (Phi) is 6.85. The summed E-state index contributed by atoms with van der Waals surface area (Å²) in [5.41, 5.74) is 0. The molecule has 1 amide bonds. The molecule has 0 N–H and O–H groups in total. The Labute approximate surface area is 122 Å². The van der Waals surface area contributed by atoms with Crippen molar-refractivity contribution in [3.05, 3.63) is 22.4 Å². The molecule has 0 saturated heterocycles. The zero-order chi connectivity index (χ0) is 14.3. The lowest BCUT2D eigenvalue weighted by Crippen LogP contribution is -2.40. The number of thiophene rings is 1. The van der Waals surface area contributed by atoms with Crippen LogP contribution in [0.2, 0.25) is 0 Å². The van der Waals surface area contributed by atoms with Crippen LogP contribution >= 0.6 is 27.3 Å². The van der Waals surface area contributed by atoms with E-state index in [0.717, 1.165) is 16.2 Å². The molecule has 0 radical (unpaired) electrons. The van der Waals surface area contributed by atoms with Crippen molar-refractivity contribution in [3.63, 3.8) is 0 Å². The molecular weight excluding hydrogens is 343 g/mol. The molecular formula is C12H15BrF3NOS. The Morgan fingerprint density at radius 3 is 2.68 bits per heavy atom. The summed E-state index contributed by atoms with van der Waals surface area (Å²) in [4.78, 5) is 13.8. The van der Waals surface area contributed by atoms with Gasteiger partial charge in [-0.2, -0.15) is 13.2 Å². The van der Waals surface area contributed by atoms with Gasteiger partial charge in [0.05, 0.1) is 0 Å². The lowest BCUT2D eigenvalue weighted by atomic mass is 10.2. The van der Waals surface area contributed by atoms with E-state index < -0.39 is 18.6 Å². The van der Waals surface area contributed by atoms with Crippen LogP contribution < -0.4 is 0 Å². The molecule has 0 spiro atoms. The van der Waals surface area contributed by atoms with Gasteiger partial charge in [0.25, 0.3) is 0 Å². The monoisotopic (exact) mass is 357 g/mol. The Balaban J connectivity index is 2.39. The van der Waals surface area contributed by atoms with E-state index in [0.29, 0.717) is 11.8 Å². The fraction of sp³-hybridized carbons (Fsp3) is 0.583. The first-order valence-corrected chi connectivity index (χ1v) is 7.85. The van der Waals surface area contributed by atoms with Gasteiger partial charge in [-0.1, -0.05) is 22.0 Å². The molecule has 0 aliphatic heterocycles. The van der Waals surface area contributed by atoms with Crippen molar-refractivity contribution in [2.45, 2.75) is 25.4 Å². The van der Waals surface area contributed by atoms with E-state index in [9.17, 15) is 18.0 Å². The first-order valence-electron chi connectivity index (χ1n) is 5.85. The fourth-order valence-corrected chi connectivity index (χ4v) is 2.82. The second kappa shape index (κ2) is 7.89. The van der Waals surface area contributed by atoms with Crippen LogP contribution in [0.1, 0.15) is 17.7 Å². The number of hydrogen-bond acceptors (Lipinski definition) is 2. The first-order chi connectivity index (χ1) is 8.92. The van der Waals surface area contributed by atoms with Gasteiger partial charge >= 0.3 is 6.18 Å². The van der Waals surface area contributed by atoms with E-state index in [4.69, 9.17) is 0 Å². The van der Waals surface area contributed by atoms with Crippen LogP contribution in [0.4, 0.5) is 13.2 Å². The smallest absolute Gasteiger partial charge is 0.333 e. The first kappa shape index (κ1) is 16.5. The number of amides is 1. The summed E-state index contributed by atoms with van der Waals surface area (Å²) in [7, 11) is 0. The lowest BCUT2D eigenvalue weighted by molar-refractivity contribution is -0.160. The predicted octanol–water partition coefficient (Wildman–Crippen LogP) is 3.86. The highest BCUT2D eigenvalue weighted by atomic mass is 79.9. The second-order valence-corrected chi connectivity index (χ2v) is 5.88. The summed E-state index contributed by atoms with van der Waals surface area (Å²) < 4.78 is 37.0. The summed E-state index contributed by atoms with van der Waals surface area (Å²) in [6.45, 7) is -1.09. The topological polar surface area (TPSA) is 20.3 Å². The second-order valence-electron chi connectivity index (χ2n) is 4.05. The zero-order valence-corrected chi connectivity index (χ0v) is 12.7. The van der Waals surface area contributed by atoms with Crippen molar-refractivity contribution in [1.29, 1.82) is 0 Å². The third-order valence-corrected chi connectivity index (χ3v) is 3.76. The largest absolute Gasteiger partial charge is 0.406 e. The number of rotatable bonds is 7. The molecule has 0 saturated carbocycles. The van der Waals surface area contributed by atoms with Gasteiger partial charge in [0.2, 0.25) is 5.91 Å². The van der Waals surface area contributed by atoms with Gasteiger partial charge in [-0.25, -0.2) is 0 Å². The highest BCUT2D eigenvalue weighted by molar-refractivity contribution is 9.09. The van der Waals surface area contributed by atoms with Crippen LogP contribution in [0.15, 0.2) is 17.5 Å². The van der Waals surface area contributed by atoms with Crippen LogP contribution in [0.3, 0.4) is 0 Å². The van der Waals surface area contributed by atoms with E-state index in [1.165, 1.54) is 0 Å². The molecule has 0 atom stereocenters. The summed E-state index contributed by atoms with van der Waals surface area (Å²) >= 11 is 4.66. The molecule has 7 heteroatoms. The molecule has 1 aromatic rings. The highest BCUT2D eigenvalue weighted by Gasteiger charge is 2.32. The average molecular weight is 358 g/mol. The zero-order valence-electron chi connectivity index (χ0n) is 10.3. The van der Waals surface area contributed by atoms with Crippen molar-refractivity contribution in [3.8, 4) is 0 Å². The van der Waals surface area contributed by atoms with Crippen molar-refractivity contribution in [2.75, 3.05) is 18.4 Å². The van der Waals surface area contributed by atoms with Gasteiger partial charge in [-0.3, -0.25) is 4.79 Å². The molecule has 0 bridgehead atoms. The summed E-state index contributed by atoms with van der Waals surface area (Å²) in [6.07, 6.45) is -2.87. The Bertz CT molecular complexity index is 381. The lowest BCUT2D eigenvalue weighted by Gasteiger charge is -2.23. The van der Waals surface area contributed by atoms with E-state index >= 15 is 0 Å². The number of nitrogens with zero attached hydrogens (tertiary/aromatic N) is 1. The normalized spacial score (nSPS) is 11.6. The molecule has 19 heavy (non-hydrogen) atoms. The molecule has 1 aromatic heterocycles. The third kappa shape index (κ3) is 6.96. The van der Waals surface area contributed by atoms with Crippen LogP contribution in [0.25, 0.3) is 0 Å². The average Bonchev–Trinajstić information content (AvgIpc) is 2.79. The number of carbonyl (C=O) groups excluding carboxylic acids is 1. The summed E-state index contributed by atoms with van der Waals surface area (Å²) in [5, 5.41) is 2.29. The molecule has 0 aliphatic rings. The molecule has 2 nitrogen and oxygen atoms in total. The Morgan fingerprint density at radius 2 is 2.16 bits per heavy atom. The third-order valence-electron chi connectivity index (χ3n) is 2.47. The van der Waals surface area contributed by atoms with E-state index in [-0.39, 0.29) is 13.0 Å². The minimum Gasteiger partial charge on any atom is -0.333 e. The van der Waals surface area contributed by atoms with Crippen LogP contribution in [0.5, 0.6) is 0 Å². The minimum atomic E-state index is -4.34. The van der Waals surface area contributed by atoms with Crippen LogP contribution in [0, 0.1) is 0 Å². The van der Waals surface area contributed by atoms with E-state index in [2.05, 4.69) is 15.9 Å². The SMILES string of the molecule is O=C(CCCc1cccs1)N(CCBr)CC(F)(F)F. The number of hydrogen-bond donors (Lipinski definition) is 0. The van der Waals surface area contributed by atoms with Gasteiger partial charge in [0, 0.05) is 23.2 Å². The van der Waals surface area contributed by atoms with E-state index in [1.54, 1.807) is 11.3 Å². The van der Waals surface area contributed by atoms with Gasteiger partial charge < -0.3 is 4.90 Å². The maximum absolute atomic E-state index is 12.3. The number of alkyl halides is 4. The molecule has 108 valence electrons. The molecule has 0 fully saturated rings. The Morgan fingerprint density at radius 1 is 1.42 bits per heavy atom. The van der Waals surface area contributed by atoms with E-state index in [1.807, 2.05) is 17.5 Å². The van der Waals surface area contributed by atoms with Crippen molar-refractivity contribution >= 4 is 33.2 Å². The van der Waals surface area contributed by atoms with Gasteiger partial charge in [0.15, 0.2) is 0 Å². The Hall–Kier alpha value is -0.560. The number of halogens is 4. The molecule has 1 rings (SSSR count). The standard InChI is InChI=1S/C12H15BrF3NOS/c13-6-7-17(9-12(14,15)16)11(18)5-1-3-10-4-2-8-19-10/h2,4,8H,1,3,5-7,9H2. The molecule has 0 aliphatic carbocycles. The maximum Gasteiger partial charge on any atom is 0.406 e. The predicted molar refractivity (Wildman–Crippen MR) is 73.7 cm³/mol. The number of carbonyl (C=O) groups is 1. The number of aryl methyl sites for hydroxylation is 1. The quantitative estimate of drug-likeness (QED) is 0.678. The van der Waals surface area contributed by atoms with Crippen molar-refractivity contribution < 1.29 is 18.0 Å². The molecule has 1 heterocycles. The molecule has 0 unspecified atom stereocenters. The van der Waals surface area contributed by atoms with Gasteiger partial charge in [-0.15, -0.1) is 11.3 Å². The maximum atomic E-state index is 12.3. The van der Waals surface area contributed by atoms with Crippen LogP contribution in [-0.4, -0.2) is 35.4 Å². The minimum absolute atomic E-state index is 0.0807. The fourth-order valence-electron chi connectivity index (χ4n) is 1.64. The highest BCUT2D eigenvalue weighted by Crippen LogP contribution is 2.18. The summed E-state index contributed by atoms with van der Waals surface area (Å²) in [5.74, 6) is -0.437. The molecule has 0 aromatic carbocycles.